The molecule has 5 heteroatoms. The number of benzene rings is 1. The number of likely N-dealkylation sites (tertiary alicyclic amines) is 1. The Bertz CT molecular complexity index is 656. The largest absolute Gasteiger partial charge is 0.493 e. The minimum absolute atomic E-state index is 0.0651. The van der Waals surface area contributed by atoms with Crippen LogP contribution in [0.25, 0.3) is 0 Å². The highest BCUT2D eigenvalue weighted by Gasteiger charge is 2.36. The lowest BCUT2D eigenvalue weighted by molar-refractivity contribution is -0.132. The standard InChI is InChI=1S/C22H34N2O3.C2H6/c1-14(2)21(23)22(25)24-12-15(3)18(13-24)16-9-10-19(26-4)20(11-16)27-17-7-5-6-8-17;1-2/h9-11,14-15,17-18,21H,5-8,12-13,23H2,1-4H3;1-2H3. The predicted octanol–water partition coefficient (Wildman–Crippen LogP) is 4.59. The molecule has 1 saturated heterocycles. The van der Waals surface area contributed by atoms with Crippen molar-refractivity contribution in [1.29, 1.82) is 0 Å². The van der Waals surface area contributed by atoms with E-state index in [-0.39, 0.29) is 17.9 Å². The topological polar surface area (TPSA) is 64.8 Å². The third-order valence-electron chi connectivity index (χ3n) is 6.14. The van der Waals surface area contributed by atoms with E-state index in [1.165, 1.54) is 18.4 Å². The van der Waals surface area contributed by atoms with E-state index >= 15 is 0 Å². The molecule has 3 unspecified atom stereocenters. The second-order valence-electron chi connectivity index (χ2n) is 8.53. The summed E-state index contributed by atoms with van der Waals surface area (Å²) in [6, 6.07) is 5.80. The number of rotatable bonds is 6. The van der Waals surface area contributed by atoms with Crippen LogP contribution in [0, 0.1) is 11.8 Å². The van der Waals surface area contributed by atoms with Gasteiger partial charge < -0.3 is 20.1 Å². The summed E-state index contributed by atoms with van der Waals surface area (Å²) < 4.78 is 11.8. The Morgan fingerprint density at radius 1 is 1.14 bits per heavy atom. The summed E-state index contributed by atoms with van der Waals surface area (Å²) in [7, 11) is 1.68. The molecule has 1 aliphatic heterocycles. The molecule has 1 heterocycles. The Morgan fingerprint density at radius 3 is 2.38 bits per heavy atom. The molecule has 164 valence electrons. The third kappa shape index (κ3) is 5.65. The van der Waals surface area contributed by atoms with Gasteiger partial charge in [-0.2, -0.15) is 0 Å². The van der Waals surface area contributed by atoms with Gasteiger partial charge in [0.2, 0.25) is 5.91 Å². The first-order valence-electron chi connectivity index (χ1n) is 11.3. The first kappa shape index (κ1) is 23.5. The molecule has 2 fully saturated rings. The minimum Gasteiger partial charge on any atom is -0.493 e. The molecule has 0 spiro atoms. The average molecular weight is 405 g/mol. The molecule has 1 amide bonds. The Kier molecular flexibility index (Phi) is 8.81. The molecule has 0 radical (unpaired) electrons. The zero-order valence-corrected chi connectivity index (χ0v) is 19.1. The maximum Gasteiger partial charge on any atom is 0.239 e. The average Bonchev–Trinajstić information content (AvgIpc) is 3.38. The number of nitrogens with two attached hydrogens (primary N) is 1. The first-order chi connectivity index (χ1) is 13.9. The quantitative estimate of drug-likeness (QED) is 0.753. The van der Waals surface area contributed by atoms with E-state index in [1.54, 1.807) is 7.11 Å². The lowest BCUT2D eigenvalue weighted by Crippen LogP contribution is -2.45. The molecular formula is C24H40N2O3. The fourth-order valence-electron chi connectivity index (χ4n) is 4.28. The number of ether oxygens (including phenoxy) is 2. The van der Waals surface area contributed by atoms with Gasteiger partial charge in [-0.05, 0) is 55.2 Å². The van der Waals surface area contributed by atoms with Gasteiger partial charge in [-0.15, -0.1) is 0 Å². The van der Waals surface area contributed by atoms with Crippen LogP contribution in [0.3, 0.4) is 0 Å². The van der Waals surface area contributed by atoms with Crippen LogP contribution in [0.2, 0.25) is 0 Å². The molecule has 2 N–H and O–H groups in total. The third-order valence-corrected chi connectivity index (χ3v) is 6.14. The smallest absolute Gasteiger partial charge is 0.239 e. The van der Waals surface area contributed by atoms with Crippen molar-refractivity contribution >= 4 is 5.91 Å². The van der Waals surface area contributed by atoms with E-state index in [0.29, 0.717) is 11.8 Å². The van der Waals surface area contributed by atoms with Crippen LogP contribution < -0.4 is 15.2 Å². The summed E-state index contributed by atoms with van der Waals surface area (Å²) in [5.74, 6) is 2.52. The summed E-state index contributed by atoms with van der Waals surface area (Å²) in [5.41, 5.74) is 7.31. The molecule has 1 saturated carbocycles. The van der Waals surface area contributed by atoms with Gasteiger partial charge in [0.1, 0.15) is 0 Å². The Hall–Kier alpha value is -1.75. The molecule has 29 heavy (non-hydrogen) atoms. The second kappa shape index (κ2) is 10.9. The monoisotopic (exact) mass is 404 g/mol. The van der Waals surface area contributed by atoms with Crippen molar-refractivity contribution in [2.45, 2.75) is 78.4 Å². The van der Waals surface area contributed by atoms with Crippen molar-refractivity contribution < 1.29 is 14.3 Å². The van der Waals surface area contributed by atoms with Gasteiger partial charge in [-0.1, -0.05) is 40.7 Å². The van der Waals surface area contributed by atoms with E-state index in [9.17, 15) is 4.79 Å². The van der Waals surface area contributed by atoms with E-state index in [4.69, 9.17) is 15.2 Å². The van der Waals surface area contributed by atoms with Crippen LogP contribution in [0.15, 0.2) is 18.2 Å². The first-order valence-corrected chi connectivity index (χ1v) is 11.3. The second-order valence-corrected chi connectivity index (χ2v) is 8.53. The van der Waals surface area contributed by atoms with Crippen LogP contribution in [0.1, 0.15) is 71.8 Å². The van der Waals surface area contributed by atoms with Gasteiger partial charge in [0.05, 0.1) is 19.3 Å². The summed E-state index contributed by atoms with van der Waals surface area (Å²) in [5, 5.41) is 0. The molecule has 1 aromatic carbocycles. The molecule has 3 rings (SSSR count). The molecule has 5 nitrogen and oxygen atoms in total. The van der Waals surface area contributed by atoms with Crippen molar-refractivity contribution in [3.05, 3.63) is 23.8 Å². The highest BCUT2D eigenvalue weighted by atomic mass is 16.5. The lowest BCUT2D eigenvalue weighted by atomic mass is 9.90. The van der Waals surface area contributed by atoms with Gasteiger partial charge in [0.25, 0.3) is 0 Å². The number of nitrogens with zero attached hydrogens (tertiary/aromatic N) is 1. The fraction of sp³-hybridized carbons (Fsp3) is 0.708. The lowest BCUT2D eigenvalue weighted by Gasteiger charge is -2.23. The number of hydrogen-bond donors (Lipinski definition) is 1. The molecule has 0 aromatic heterocycles. The van der Waals surface area contributed by atoms with Gasteiger partial charge in [0, 0.05) is 19.0 Å². The van der Waals surface area contributed by atoms with Crippen LogP contribution in [-0.4, -0.2) is 43.2 Å². The Morgan fingerprint density at radius 2 is 1.79 bits per heavy atom. The van der Waals surface area contributed by atoms with Crippen LogP contribution in [0.5, 0.6) is 11.5 Å². The number of hydrogen-bond acceptors (Lipinski definition) is 4. The van der Waals surface area contributed by atoms with Gasteiger partial charge >= 0.3 is 0 Å². The highest BCUT2D eigenvalue weighted by molar-refractivity contribution is 5.82. The zero-order chi connectivity index (χ0) is 21.6. The zero-order valence-electron chi connectivity index (χ0n) is 19.1. The van der Waals surface area contributed by atoms with Crippen LogP contribution >= 0.6 is 0 Å². The number of methoxy groups -OCH3 is 1. The molecule has 2 aliphatic rings. The maximum absolute atomic E-state index is 12.7. The van der Waals surface area contributed by atoms with E-state index in [0.717, 1.165) is 37.4 Å². The molecule has 0 bridgehead atoms. The van der Waals surface area contributed by atoms with Gasteiger partial charge in [0.15, 0.2) is 11.5 Å². The Balaban J connectivity index is 0.00000145. The van der Waals surface area contributed by atoms with E-state index in [1.807, 2.05) is 38.7 Å². The van der Waals surface area contributed by atoms with Crippen molar-refractivity contribution in [2.75, 3.05) is 20.2 Å². The predicted molar refractivity (Wildman–Crippen MR) is 119 cm³/mol. The molecule has 3 atom stereocenters. The van der Waals surface area contributed by atoms with Gasteiger partial charge in [-0.3, -0.25) is 4.79 Å². The number of carbonyl (C=O) groups is 1. The van der Waals surface area contributed by atoms with Crippen molar-refractivity contribution in [2.24, 2.45) is 17.6 Å². The number of amides is 1. The summed E-state index contributed by atoms with van der Waals surface area (Å²) >= 11 is 0. The van der Waals surface area contributed by atoms with E-state index in [2.05, 4.69) is 19.1 Å². The van der Waals surface area contributed by atoms with E-state index < -0.39 is 6.04 Å². The molecular weight excluding hydrogens is 364 g/mol. The van der Waals surface area contributed by atoms with Crippen molar-refractivity contribution in [3.8, 4) is 11.5 Å². The minimum atomic E-state index is -0.423. The SMILES string of the molecule is CC.COc1ccc(C2CN(C(=O)C(N)C(C)C)CC2C)cc1OC1CCCC1. The summed E-state index contributed by atoms with van der Waals surface area (Å²) in [6.07, 6.45) is 4.99. The van der Waals surface area contributed by atoms with Crippen LogP contribution in [0.4, 0.5) is 0 Å². The maximum atomic E-state index is 12.7. The Labute approximate surface area is 176 Å². The van der Waals surface area contributed by atoms with Crippen molar-refractivity contribution in [1.82, 2.24) is 4.90 Å². The molecule has 1 aliphatic carbocycles. The normalized spacial score (nSPS) is 23.0. The highest BCUT2D eigenvalue weighted by Crippen LogP contribution is 2.38. The van der Waals surface area contributed by atoms with Crippen LogP contribution in [-0.2, 0) is 4.79 Å². The molecule has 1 aromatic rings. The number of carbonyl (C=O) groups excluding carboxylic acids is 1. The van der Waals surface area contributed by atoms with Gasteiger partial charge in [-0.25, -0.2) is 0 Å². The summed E-state index contributed by atoms with van der Waals surface area (Å²) in [6.45, 7) is 11.7. The fourth-order valence-corrected chi connectivity index (χ4v) is 4.28. The van der Waals surface area contributed by atoms with Crippen molar-refractivity contribution in [3.63, 3.8) is 0 Å². The summed E-state index contributed by atoms with van der Waals surface area (Å²) in [4.78, 5) is 14.6.